The van der Waals surface area contributed by atoms with Crippen molar-refractivity contribution in [3.8, 4) is 5.75 Å². The van der Waals surface area contributed by atoms with Crippen LogP contribution in [0.5, 0.6) is 5.75 Å². The number of halogens is 1. The summed E-state index contributed by atoms with van der Waals surface area (Å²) in [4.78, 5) is 25.4. The first-order valence-corrected chi connectivity index (χ1v) is 7.78. The van der Waals surface area contributed by atoms with Gasteiger partial charge in [-0.05, 0) is 31.2 Å². The molecule has 1 aliphatic rings. The molecular formula is C16H18FN5O3. The van der Waals surface area contributed by atoms with E-state index in [2.05, 4.69) is 15.6 Å². The Morgan fingerprint density at radius 2 is 2.12 bits per heavy atom. The molecule has 9 heteroatoms. The van der Waals surface area contributed by atoms with Crippen LogP contribution in [-0.2, 0) is 22.7 Å². The second kappa shape index (κ2) is 6.88. The number of rotatable bonds is 5. The van der Waals surface area contributed by atoms with Crippen molar-refractivity contribution < 1.29 is 18.7 Å². The molecule has 0 fully saturated rings. The van der Waals surface area contributed by atoms with E-state index in [9.17, 15) is 14.0 Å². The Balaban J connectivity index is 1.55. The lowest BCUT2D eigenvalue weighted by Crippen LogP contribution is -2.40. The van der Waals surface area contributed by atoms with Crippen molar-refractivity contribution in [1.82, 2.24) is 25.2 Å². The molecule has 1 aliphatic heterocycles. The van der Waals surface area contributed by atoms with E-state index in [-0.39, 0.29) is 30.8 Å². The van der Waals surface area contributed by atoms with Gasteiger partial charge >= 0.3 is 0 Å². The van der Waals surface area contributed by atoms with Crippen LogP contribution in [0.2, 0.25) is 0 Å². The fourth-order valence-corrected chi connectivity index (χ4v) is 2.60. The van der Waals surface area contributed by atoms with E-state index in [1.165, 1.54) is 24.3 Å². The van der Waals surface area contributed by atoms with Crippen LogP contribution in [0.1, 0.15) is 24.4 Å². The number of carbonyl (C=O) groups excluding carboxylic acids is 2. The van der Waals surface area contributed by atoms with Crippen LogP contribution in [0.4, 0.5) is 4.39 Å². The minimum atomic E-state index is -0.410. The number of carbonyl (C=O) groups is 2. The Hall–Kier alpha value is -2.97. The zero-order valence-corrected chi connectivity index (χ0v) is 13.9. The van der Waals surface area contributed by atoms with E-state index in [0.717, 1.165) is 5.69 Å². The summed E-state index contributed by atoms with van der Waals surface area (Å²) in [6.07, 6.45) is 0. The molecule has 2 aromatic rings. The minimum absolute atomic E-state index is 0.0271. The summed E-state index contributed by atoms with van der Waals surface area (Å²) in [5.74, 6) is -0.321. The molecule has 1 aromatic heterocycles. The van der Waals surface area contributed by atoms with Crippen molar-refractivity contribution in [3.05, 3.63) is 41.5 Å². The lowest BCUT2D eigenvalue weighted by molar-refractivity contribution is -0.135. The maximum Gasteiger partial charge on any atom is 0.258 e. The van der Waals surface area contributed by atoms with Crippen LogP contribution in [0.3, 0.4) is 0 Å². The van der Waals surface area contributed by atoms with Crippen LogP contribution in [0, 0.1) is 5.82 Å². The van der Waals surface area contributed by atoms with Gasteiger partial charge in [0.1, 0.15) is 23.3 Å². The highest BCUT2D eigenvalue weighted by molar-refractivity contribution is 5.81. The van der Waals surface area contributed by atoms with Gasteiger partial charge in [-0.25, -0.2) is 9.07 Å². The van der Waals surface area contributed by atoms with Gasteiger partial charge in [-0.3, -0.25) is 9.59 Å². The number of nitrogens with zero attached hydrogens (tertiary/aromatic N) is 4. The van der Waals surface area contributed by atoms with Crippen molar-refractivity contribution in [2.24, 2.45) is 0 Å². The first-order valence-electron chi connectivity index (χ1n) is 7.78. The molecule has 1 aromatic carbocycles. The van der Waals surface area contributed by atoms with Crippen molar-refractivity contribution >= 4 is 11.8 Å². The predicted molar refractivity (Wildman–Crippen MR) is 84.9 cm³/mol. The Kier molecular flexibility index (Phi) is 4.64. The van der Waals surface area contributed by atoms with E-state index in [0.29, 0.717) is 18.0 Å². The monoisotopic (exact) mass is 347 g/mol. The minimum Gasteiger partial charge on any atom is -0.484 e. The molecule has 2 amide bonds. The zero-order valence-electron chi connectivity index (χ0n) is 13.9. The molecule has 0 aliphatic carbocycles. The highest BCUT2D eigenvalue weighted by Gasteiger charge is 2.31. The second-order valence-corrected chi connectivity index (χ2v) is 5.82. The molecule has 132 valence electrons. The van der Waals surface area contributed by atoms with E-state index >= 15 is 0 Å². The molecule has 1 N–H and O–H groups in total. The smallest absolute Gasteiger partial charge is 0.258 e. The number of likely N-dealkylation sites (N-methyl/N-ethyl adjacent to an activating group) is 1. The molecular weight excluding hydrogens is 329 g/mol. The molecule has 0 radical (unpaired) electrons. The van der Waals surface area contributed by atoms with Gasteiger partial charge in [0.2, 0.25) is 5.91 Å². The summed E-state index contributed by atoms with van der Waals surface area (Å²) in [5.41, 5.74) is 1.41. The van der Waals surface area contributed by atoms with Crippen LogP contribution >= 0.6 is 0 Å². The van der Waals surface area contributed by atoms with Gasteiger partial charge in [0.15, 0.2) is 6.61 Å². The highest BCUT2D eigenvalue weighted by atomic mass is 19.1. The first-order chi connectivity index (χ1) is 12.0. The topological polar surface area (TPSA) is 89.3 Å². The fourth-order valence-electron chi connectivity index (χ4n) is 2.60. The highest BCUT2D eigenvalue weighted by Crippen LogP contribution is 2.21. The molecule has 1 atom stereocenters. The van der Waals surface area contributed by atoms with Gasteiger partial charge in [-0.15, -0.1) is 5.10 Å². The first kappa shape index (κ1) is 16.9. The van der Waals surface area contributed by atoms with Gasteiger partial charge in [-0.2, -0.15) is 0 Å². The standard InChI is InChI=1S/C16H18FN5O3/c1-10-16(24)21(2)8-14-13(19-20-22(10)14)7-18-15(23)9-25-12-5-3-11(17)4-6-12/h3-6,10H,7-9H2,1-2H3,(H,18,23). The molecule has 0 spiro atoms. The van der Waals surface area contributed by atoms with Crippen LogP contribution in [0.15, 0.2) is 24.3 Å². The second-order valence-electron chi connectivity index (χ2n) is 5.82. The van der Waals surface area contributed by atoms with Gasteiger partial charge in [0.05, 0.1) is 18.8 Å². The lowest BCUT2D eigenvalue weighted by atomic mass is 10.2. The third-order valence-electron chi connectivity index (χ3n) is 4.00. The Labute approximate surface area is 143 Å². The summed E-state index contributed by atoms with van der Waals surface area (Å²) in [6, 6.07) is 5.01. The Bertz CT molecular complexity index is 790. The van der Waals surface area contributed by atoms with Gasteiger partial charge < -0.3 is 15.0 Å². The average molecular weight is 347 g/mol. The molecule has 0 saturated heterocycles. The number of aromatic nitrogens is 3. The lowest BCUT2D eigenvalue weighted by Gasteiger charge is -2.28. The molecule has 0 bridgehead atoms. The number of hydrogen-bond donors (Lipinski definition) is 1. The normalized spacial score (nSPS) is 16.5. The van der Waals surface area contributed by atoms with Crippen molar-refractivity contribution in [1.29, 1.82) is 0 Å². The summed E-state index contributed by atoms with van der Waals surface area (Å²) >= 11 is 0. The maximum absolute atomic E-state index is 12.8. The predicted octanol–water partition coefficient (Wildman–Crippen LogP) is 0.645. The summed E-state index contributed by atoms with van der Waals surface area (Å²) < 4.78 is 19.7. The van der Waals surface area contributed by atoms with E-state index in [4.69, 9.17) is 4.74 Å². The molecule has 2 heterocycles. The quantitative estimate of drug-likeness (QED) is 0.858. The molecule has 25 heavy (non-hydrogen) atoms. The van der Waals surface area contributed by atoms with Crippen molar-refractivity contribution in [2.75, 3.05) is 13.7 Å². The Morgan fingerprint density at radius 3 is 2.84 bits per heavy atom. The van der Waals surface area contributed by atoms with E-state index < -0.39 is 6.04 Å². The number of amides is 2. The SMILES string of the molecule is CC1C(=O)N(C)Cc2c(CNC(=O)COc3ccc(F)cc3)nnn21. The number of ether oxygens (including phenoxy) is 1. The number of fused-ring (bicyclic) bond motifs is 1. The van der Waals surface area contributed by atoms with E-state index in [1.807, 2.05) is 0 Å². The zero-order chi connectivity index (χ0) is 18.0. The Morgan fingerprint density at radius 1 is 1.40 bits per heavy atom. The molecule has 3 rings (SSSR count). The third-order valence-corrected chi connectivity index (χ3v) is 4.00. The number of benzene rings is 1. The molecule has 1 unspecified atom stereocenters. The van der Waals surface area contributed by atoms with Crippen LogP contribution in [0.25, 0.3) is 0 Å². The van der Waals surface area contributed by atoms with Crippen molar-refractivity contribution in [3.63, 3.8) is 0 Å². The average Bonchev–Trinajstić information content (AvgIpc) is 3.00. The summed E-state index contributed by atoms with van der Waals surface area (Å²) in [7, 11) is 1.72. The van der Waals surface area contributed by atoms with Gasteiger partial charge in [0, 0.05) is 7.05 Å². The van der Waals surface area contributed by atoms with Crippen LogP contribution in [-0.4, -0.2) is 45.4 Å². The van der Waals surface area contributed by atoms with Crippen molar-refractivity contribution in [2.45, 2.75) is 26.1 Å². The summed E-state index contributed by atoms with van der Waals surface area (Å²) in [6.45, 7) is 2.15. The molecule has 8 nitrogen and oxygen atoms in total. The third kappa shape index (κ3) is 3.59. The molecule has 0 saturated carbocycles. The fraction of sp³-hybridized carbons (Fsp3) is 0.375. The van der Waals surface area contributed by atoms with Gasteiger partial charge in [0.25, 0.3) is 5.91 Å². The summed E-state index contributed by atoms with van der Waals surface area (Å²) in [5, 5.41) is 10.8. The van der Waals surface area contributed by atoms with E-state index in [1.54, 1.807) is 23.6 Å². The number of hydrogen-bond acceptors (Lipinski definition) is 5. The van der Waals surface area contributed by atoms with Gasteiger partial charge in [-0.1, -0.05) is 5.21 Å². The number of nitrogens with one attached hydrogen (secondary N) is 1. The largest absolute Gasteiger partial charge is 0.484 e. The van der Waals surface area contributed by atoms with Crippen LogP contribution < -0.4 is 10.1 Å². The maximum atomic E-state index is 12.8.